The third kappa shape index (κ3) is 4.80. The summed E-state index contributed by atoms with van der Waals surface area (Å²) in [5, 5.41) is 3.86. The first kappa shape index (κ1) is 20.8. The fraction of sp³-hybridized carbons (Fsp3) is 0.500. The van der Waals surface area contributed by atoms with Gasteiger partial charge in [0.2, 0.25) is 0 Å². The van der Waals surface area contributed by atoms with Gasteiger partial charge in [-0.1, -0.05) is 0 Å². The molecule has 0 aliphatic rings. The van der Waals surface area contributed by atoms with Gasteiger partial charge in [0.25, 0.3) is 11.5 Å². The number of carbonyl (C=O) groups excluding carboxylic acids is 1. The minimum Gasteiger partial charge on any atom is -0.493 e. The lowest BCUT2D eigenvalue weighted by molar-refractivity contribution is 0.0757. The molecule has 2 rings (SSSR count). The van der Waals surface area contributed by atoms with Gasteiger partial charge in [0, 0.05) is 31.3 Å². The topological polar surface area (TPSA) is 78.8 Å². The predicted octanol–water partition coefficient (Wildman–Crippen LogP) is 2.58. The third-order valence-corrected chi connectivity index (χ3v) is 4.23. The number of amides is 1. The van der Waals surface area contributed by atoms with E-state index in [0.717, 1.165) is 0 Å². The first-order chi connectivity index (χ1) is 12.9. The van der Waals surface area contributed by atoms with E-state index < -0.39 is 0 Å². The standard InChI is InChI=1S/C20H28N2O5/c1-6-22-12-16(19(23)21-8-7-9-27-13(2)3)14-10-17(25-4)18(26-5)11-15(14)20(22)24/h10-13H,6-9H2,1-5H3,(H,21,23). The van der Waals surface area contributed by atoms with Crippen molar-refractivity contribution < 1.29 is 19.0 Å². The van der Waals surface area contributed by atoms with E-state index in [4.69, 9.17) is 14.2 Å². The van der Waals surface area contributed by atoms with Crippen molar-refractivity contribution in [2.45, 2.75) is 39.8 Å². The van der Waals surface area contributed by atoms with Gasteiger partial charge in [-0.25, -0.2) is 0 Å². The number of hydrogen-bond acceptors (Lipinski definition) is 5. The van der Waals surface area contributed by atoms with E-state index in [0.29, 0.717) is 54.0 Å². The van der Waals surface area contributed by atoms with Gasteiger partial charge >= 0.3 is 0 Å². The minimum atomic E-state index is -0.237. The molecule has 0 atom stereocenters. The Kier molecular flexibility index (Phi) is 7.24. The molecule has 148 valence electrons. The zero-order valence-electron chi connectivity index (χ0n) is 16.6. The second-order valence-electron chi connectivity index (χ2n) is 6.42. The van der Waals surface area contributed by atoms with E-state index in [1.165, 1.54) is 18.8 Å². The van der Waals surface area contributed by atoms with Crippen LogP contribution in [0.5, 0.6) is 11.5 Å². The van der Waals surface area contributed by atoms with Gasteiger partial charge in [0.05, 0.1) is 31.3 Å². The van der Waals surface area contributed by atoms with Crippen molar-refractivity contribution in [2.24, 2.45) is 0 Å². The highest BCUT2D eigenvalue weighted by Crippen LogP contribution is 2.32. The van der Waals surface area contributed by atoms with E-state index in [1.54, 1.807) is 18.3 Å². The number of rotatable bonds is 9. The quantitative estimate of drug-likeness (QED) is 0.681. The van der Waals surface area contributed by atoms with Crippen LogP contribution in [0, 0.1) is 0 Å². The van der Waals surface area contributed by atoms with Crippen molar-refractivity contribution in [2.75, 3.05) is 27.4 Å². The predicted molar refractivity (Wildman–Crippen MR) is 105 cm³/mol. The van der Waals surface area contributed by atoms with Crippen molar-refractivity contribution >= 4 is 16.7 Å². The highest BCUT2D eigenvalue weighted by molar-refractivity contribution is 6.07. The van der Waals surface area contributed by atoms with Crippen molar-refractivity contribution in [3.05, 3.63) is 34.2 Å². The monoisotopic (exact) mass is 376 g/mol. The van der Waals surface area contributed by atoms with Gasteiger partial charge in [-0.2, -0.15) is 0 Å². The number of methoxy groups -OCH3 is 2. The minimum absolute atomic E-state index is 0.167. The molecule has 7 nitrogen and oxygen atoms in total. The Morgan fingerprint density at radius 3 is 2.33 bits per heavy atom. The Balaban J connectivity index is 2.38. The van der Waals surface area contributed by atoms with E-state index in [-0.39, 0.29) is 17.6 Å². The van der Waals surface area contributed by atoms with Crippen LogP contribution >= 0.6 is 0 Å². The van der Waals surface area contributed by atoms with Gasteiger partial charge in [-0.3, -0.25) is 9.59 Å². The van der Waals surface area contributed by atoms with Crippen LogP contribution < -0.4 is 20.3 Å². The normalized spacial score (nSPS) is 11.0. The van der Waals surface area contributed by atoms with Gasteiger partial charge in [-0.15, -0.1) is 0 Å². The molecule has 1 aromatic heterocycles. The highest BCUT2D eigenvalue weighted by Gasteiger charge is 2.17. The number of fused-ring (bicyclic) bond motifs is 1. The molecule has 1 heterocycles. The Hall–Kier alpha value is -2.54. The molecule has 1 N–H and O–H groups in total. The van der Waals surface area contributed by atoms with E-state index in [2.05, 4.69) is 5.32 Å². The lowest BCUT2D eigenvalue weighted by Crippen LogP contribution is -2.28. The zero-order chi connectivity index (χ0) is 20.0. The van der Waals surface area contributed by atoms with Crippen LogP contribution in [0.2, 0.25) is 0 Å². The van der Waals surface area contributed by atoms with Crippen LogP contribution in [-0.2, 0) is 11.3 Å². The van der Waals surface area contributed by atoms with Crippen molar-refractivity contribution in [3.8, 4) is 11.5 Å². The van der Waals surface area contributed by atoms with E-state index >= 15 is 0 Å². The first-order valence-electron chi connectivity index (χ1n) is 9.11. The fourth-order valence-electron chi connectivity index (χ4n) is 2.82. The number of pyridine rings is 1. The Morgan fingerprint density at radius 1 is 1.15 bits per heavy atom. The van der Waals surface area contributed by atoms with Crippen LogP contribution in [0.4, 0.5) is 0 Å². The molecule has 0 radical (unpaired) electrons. The zero-order valence-corrected chi connectivity index (χ0v) is 16.6. The number of ether oxygens (including phenoxy) is 3. The summed E-state index contributed by atoms with van der Waals surface area (Å²) in [6, 6.07) is 3.29. The average Bonchev–Trinajstić information content (AvgIpc) is 2.66. The molecule has 0 saturated heterocycles. The SMILES string of the molecule is CCn1cc(C(=O)NCCCOC(C)C)c2cc(OC)c(OC)cc2c1=O. The molecular weight excluding hydrogens is 348 g/mol. The maximum Gasteiger partial charge on any atom is 0.258 e. The maximum absolute atomic E-state index is 12.7. The third-order valence-electron chi connectivity index (χ3n) is 4.23. The molecule has 1 aromatic carbocycles. The summed E-state index contributed by atoms with van der Waals surface area (Å²) in [6.45, 7) is 7.34. The number of nitrogens with zero attached hydrogens (tertiary/aromatic N) is 1. The number of carbonyl (C=O) groups is 1. The van der Waals surface area contributed by atoms with Gasteiger partial charge in [0.15, 0.2) is 11.5 Å². The molecule has 0 spiro atoms. The van der Waals surface area contributed by atoms with E-state index in [1.807, 2.05) is 20.8 Å². The highest BCUT2D eigenvalue weighted by atomic mass is 16.5. The van der Waals surface area contributed by atoms with Crippen LogP contribution in [0.3, 0.4) is 0 Å². The summed E-state index contributed by atoms with van der Waals surface area (Å²) in [4.78, 5) is 25.4. The molecule has 0 bridgehead atoms. The second kappa shape index (κ2) is 9.41. The largest absolute Gasteiger partial charge is 0.493 e. The lowest BCUT2D eigenvalue weighted by Gasteiger charge is -2.14. The molecule has 27 heavy (non-hydrogen) atoms. The Bertz CT molecular complexity index is 858. The summed E-state index contributed by atoms with van der Waals surface area (Å²) in [6.07, 6.45) is 2.48. The first-order valence-corrected chi connectivity index (χ1v) is 9.11. The number of benzene rings is 1. The Labute approximate surface area is 159 Å². The summed E-state index contributed by atoms with van der Waals surface area (Å²) in [5.74, 6) is 0.685. The summed E-state index contributed by atoms with van der Waals surface area (Å²) >= 11 is 0. The molecule has 7 heteroatoms. The molecular formula is C20H28N2O5. The summed E-state index contributed by atoms with van der Waals surface area (Å²) in [7, 11) is 3.03. The summed E-state index contributed by atoms with van der Waals surface area (Å²) < 4.78 is 17.6. The van der Waals surface area contributed by atoms with E-state index in [9.17, 15) is 9.59 Å². The van der Waals surface area contributed by atoms with Crippen LogP contribution in [0.15, 0.2) is 23.1 Å². The van der Waals surface area contributed by atoms with Crippen molar-refractivity contribution in [1.29, 1.82) is 0 Å². The van der Waals surface area contributed by atoms with Crippen LogP contribution in [-0.4, -0.2) is 43.9 Å². The van der Waals surface area contributed by atoms with Crippen molar-refractivity contribution in [1.82, 2.24) is 9.88 Å². The van der Waals surface area contributed by atoms with Crippen LogP contribution in [0.25, 0.3) is 10.8 Å². The number of nitrogens with one attached hydrogen (secondary N) is 1. The molecule has 1 amide bonds. The molecule has 0 aliphatic carbocycles. The number of aromatic nitrogens is 1. The van der Waals surface area contributed by atoms with Gasteiger partial charge in [-0.05, 0) is 39.3 Å². The molecule has 0 fully saturated rings. The molecule has 0 aliphatic heterocycles. The smallest absolute Gasteiger partial charge is 0.258 e. The lowest BCUT2D eigenvalue weighted by atomic mass is 10.1. The van der Waals surface area contributed by atoms with Crippen molar-refractivity contribution in [3.63, 3.8) is 0 Å². The Morgan fingerprint density at radius 2 is 1.78 bits per heavy atom. The molecule has 0 unspecified atom stereocenters. The number of hydrogen-bond donors (Lipinski definition) is 1. The second-order valence-corrected chi connectivity index (χ2v) is 6.42. The van der Waals surface area contributed by atoms with Gasteiger partial charge < -0.3 is 24.1 Å². The van der Waals surface area contributed by atoms with Gasteiger partial charge in [0.1, 0.15) is 0 Å². The fourth-order valence-corrected chi connectivity index (χ4v) is 2.82. The number of aryl methyl sites for hydroxylation is 1. The van der Waals surface area contributed by atoms with Crippen LogP contribution in [0.1, 0.15) is 37.6 Å². The average molecular weight is 376 g/mol. The maximum atomic E-state index is 12.7. The molecule has 0 saturated carbocycles. The molecule has 2 aromatic rings. The summed E-state index contributed by atoms with van der Waals surface area (Å²) in [5.41, 5.74) is 0.257.